The van der Waals surface area contributed by atoms with E-state index in [1.807, 2.05) is 14.1 Å². The first-order valence-corrected chi connectivity index (χ1v) is 6.73. The molecule has 0 radical (unpaired) electrons. The Morgan fingerprint density at radius 3 is 2.53 bits per heavy atom. The Hall–Kier alpha value is -1.83. The molecule has 3 rings (SSSR count). The lowest BCUT2D eigenvalue weighted by molar-refractivity contribution is -0.130. The fourth-order valence-electron chi connectivity index (χ4n) is 2.90. The lowest BCUT2D eigenvalue weighted by Crippen LogP contribution is -2.26. The molecule has 0 bridgehead atoms. The predicted molar refractivity (Wildman–Crippen MR) is 78.1 cm³/mol. The Morgan fingerprint density at radius 2 is 1.84 bits per heavy atom. The highest BCUT2D eigenvalue weighted by molar-refractivity contribution is 5.86. The monoisotopic (exact) mass is 253 g/mol. The number of hydrogen-bond donors (Lipinski definition) is 0. The largest absolute Gasteiger partial charge is 0.349 e. The van der Waals surface area contributed by atoms with Crippen molar-refractivity contribution in [1.82, 2.24) is 4.90 Å². The van der Waals surface area contributed by atoms with Crippen molar-refractivity contribution in [3.63, 3.8) is 0 Å². The summed E-state index contributed by atoms with van der Waals surface area (Å²) in [6.07, 6.45) is 0.961. The zero-order chi connectivity index (χ0) is 13.6. The molecule has 2 atom stereocenters. The van der Waals surface area contributed by atoms with Crippen molar-refractivity contribution in [2.45, 2.75) is 18.8 Å². The molecule has 98 valence electrons. The second kappa shape index (κ2) is 4.09. The fraction of sp³-hybridized carbons (Fsp3) is 0.353. The first-order valence-electron chi connectivity index (χ1n) is 6.73. The van der Waals surface area contributed by atoms with Crippen LogP contribution in [0.15, 0.2) is 42.5 Å². The van der Waals surface area contributed by atoms with Crippen LogP contribution in [0, 0.1) is 5.92 Å². The van der Waals surface area contributed by atoms with Gasteiger partial charge in [0.05, 0.1) is 0 Å². The molecule has 1 aliphatic carbocycles. The number of hydrogen-bond acceptors (Lipinski definition) is 1. The third-order valence-corrected chi connectivity index (χ3v) is 4.38. The molecule has 0 heterocycles. The molecule has 1 aliphatic rings. The van der Waals surface area contributed by atoms with Crippen LogP contribution < -0.4 is 0 Å². The molecule has 0 aromatic heterocycles. The number of amides is 1. The molecule has 1 fully saturated rings. The topological polar surface area (TPSA) is 20.3 Å². The van der Waals surface area contributed by atoms with E-state index in [9.17, 15) is 4.79 Å². The average Bonchev–Trinajstić information content (AvgIpc) is 3.11. The van der Waals surface area contributed by atoms with Gasteiger partial charge in [0.1, 0.15) is 0 Å². The highest BCUT2D eigenvalue weighted by Gasteiger charge is 2.55. The first kappa shape index (κ1) is 12.2. The highest BCUT2D eigenvalue weighted by atomic mass is 16.2. The number of rotatable bonds is 2. The van der Waals surface area contributed by atoms with E-state index in [2.05, 4.69) is 49.4 Å². The molecule has 2 heteroatoms. The Morgan fingerprint density at radius 1 is 1.16 bits per heavy atom. The summed E-state index contributed by atoms with van der Waals surface area (Å²) in [5.74, 6) is 0.388. The quantitative estimate of drug-likeness (QED) is 0.805. The lowest BCUT2D eigenvalue weighted by atomic mass is 9.93. The molecular weight excluding hydrogens is 234 g/mol. The summed E-state index contributed by atoms with van der Waals surface area (Å²) in [6.45, 7) is 2.20. The van der Waals surface area contributed by atoms with Crippen LogP contribution in [-0.2, 0) is 10.2 Å². The number of benzene rings is 2. The highest BCUT2D eigenvalue weighted by Crippen LogP contribution is 2.54. The van der Waals surface area contributed by atoms with Gasteiger partial charge in [0.2, 0.25) is 5.91 Å². The molecule has 0 saturated heterocycles. The Labute approximate surface area is 114 Å². The third-order valence-electron chi connectivity index (χ3n) is 4.38. The van der Waals surface area contributed by atoms with Crippen LogP contribution in [-0.4, -0.2) is 24.9 Å². The van der Waals surface area contributed by atoms with Crippen LogP contribution >= 0.6 is 0 Å². The van der Waals surface area contributed by atoms with Gasteiger partial charge in [-0.2, -0.15) is 0 Å². The molecule has 1 amide bonds. The second-order valence-electron chi connectivity index (χ2n) is 5.97. The van der Waals surface area contributed by atoms with Crippen molar-refractivity contribution >= 4 is 16.7 Å². The van der Waals surface area contributed by atoms with Gasteiger partial charge in [0, 0.05) is 25.4 Å². The Balaban J connectivity index is 1.95. The van der Waals surface area contributed by atoms with Crippen molar-refractivity contribution in [1.29, 1.82) is 0 Å². The molecule has 2 aromatic carbocycles. The van der Waals surface area contributed by atoms with E-state index in [1.54, 1.807) is 4.90 Å². The number of nitrogens with zero attached hydrogens (tertiary/aromatic N) is 1. The summed E-state index contributed by atoms with van der Waals surface area (Å²) in [6, 6.07) is 14.9. The van der Waals surface area contributed by atoms with Crippen molar-refractivity contribution < 1.29 is 4.79 Å². The maximum atomic E-state index is 12.1. The summed E-state index contributed by atoms with van der Waals surface area (Å²) in [4.78, 5) is 13.8. The van der Waals surface area contributed by atoms with Gasteiger partial charge in [0.25, 0.3) is 0 Å². The smallest absolute Gasteiger partial charge is 0.226 e. The van der Waals surface area contributed by atoms with Gasteiger partial charge in [-0.3, -0.25) is 4.79 Å². The maximum absolute atomic E-state index is 12.1. The fourth-order valence-corrected chi connectivity index (χ4v) is 2.90. The summed E-state index contributed by atoms with van der Waals surface area (Å²) >= 11 is 0. The van der Waals surface area contributed by atoms with Crippen molar-refractivity contribution in [2.24, 2.45) is 5.92 Å². The Bertz CT molecular complexity index is 647. The summed E-state index contributed by atoms with van der Waals surface area (Å²) in [5.41, 5.74) is 1.30. The molecule has 0 unspecified atom stereocenters. The van der Waals surface area contributed by atoms with Crippen LogP contribution in [0.25, 0.3) is 10.8 Å². The van der Waals surface area contributed by atoms with Crippen molar-refractivity contribution in [3.05, 3.63) is 48.0 Å². The van der Waals surface area contributed by atoms with Gasteiger partial charge in [0.15, 0.2) is 0 Å². The first-order chi connectivity index (χ1) is 9.02. The van der Waals surface area contributed by atoms with E-state index in [4.69, 9.17) is 0 Å². The molecule has 1 saturated carbocycles. The molecule has 2 aromatic rings. The van der Waals surface area contributed by atoms with Gasteiger partial charge in [-0.25, -0.2) is 0 Å². The summed E-state index contributed by atoms with van der Waals surface area (Å²) in [5, 5.41) is 2.51. The number of fused-ring (bicyclic) bond motifs is 1. The van der Waals surface area contributed by atoms with Gasteiger partial charge in [-0.15, -0.1) is 0 Å². The standard InChI is InChI=1S/C17H19NO/c1-17(11-15(17)16(19)18(2)3)14-9-8-12-6-4-5-7-13(12)10-14/h4-10,15H,11H2,1-3H3/t15-,17-/m1/s1. The maximum Gasteiger partial charge on any atom is 0.226 e. The minimum absolute atomic E-state index is 0.0192. The van der Waals surface area contributed by atoms with Crippen LogP contribution in [0.1, 0.15) is 18.9 Å². The third kappa shape index (κ3) is 1.92. The molecule has 0 aliphatic heterocycles. The van der Waals surface area contributed by atoms with Gasteiger partial charge in [-0.1, -0.05) is 49.4 Å². The normalized spacial score (nSPS) is 25.3. The molecular formula is C17H19NO. The van der Waals surface area contributed by atoms with E-state index in [0.717, 1.165) is 6.42 Å². The zero-order valence-corrected chi connectivity index (χ0v) is 11.7. The van der Waals surface area contributed by atoms with E-state index in [1.165, 1.54) is 16.3 Å². The molecule has 0 N–H and O–H groups in total. The van der Waals surface area contributed by atoms with Gasteiger partial charge >= 0.3 is 0 Å². The van der Waals surface area contributed by atoms with E-state index >= 15 is 0 Å². The van der Waals surface area contributed by atoms with Crippen molar-refractivity contribution in [2.75, 3.05) is 14.1 Å². The zero-order valence-electron chi connectivity index (χ0n) is 11.7. The van der Waals surface area contributed by atoms with Crippen LogP contribution in [0.5, 0.6) is 0 Å². The molecule has 19 heavy (non-hydrogen) atoms. The molecule has 2 nitrogen and oxygen atoms in total. The minimum atomic E-state index is 0.0192. The van der Waals surface area contributed by atoms with Crippen LogP contribution in [0.3, 0.4) is 0 Å². The van der Waals surface area contributed by atoms with Gasteiger partial charge < -0.3 is 4.90 Å². The van der Waals surface area contributed by atoms with E-state index in [-0.39, 0.29) is 17.2 Å². The number of carbonyl (C=O) groups is 1. The van der Waals surface area contributed by atoms with E-state index in [0.29, 0.717) is 0 Å². The SMILES string of the molecule is CN(C)C(=O)[C@H]1C[C@]1(C)c1ccc2ccccc2c1. The minimum Gasteiger partial charge on any atom is -0.349 e. The van der Waals surface area contributed by atoms with Crippen LogP contribution in [0.4, 0.5) is 0 Å². The Kier molecular flexibility index (Phi) is 2.63. The number of carbonyl (C=O) groups excluding carboxylic acids is 1. The van der Waals surface area contributed by atoms with E-state index < -0.39 is 0 Å². The average molecular weight is 253 g/mol. The molecule has 0 spiro atoms. The predicted octanol–water partition coefficient (Wildman–Crippen LogP) is 3.21. The summed E-state index contributed by atoms with van der Waals surface area (Å²) < 4.78 is 0. The van der Waals surface area contributed by atoms with Gasteiger partial charge in [-0.05, 0) is 22.8 Å². The van der Waals surface area contributed by atoms with Crippen LogP contribution in [0.2, 0.25) is 0 Å². The lowest BCUT2D eigenvalue weighted by Gasteiger charge is -2.15. The summed E-state index contributed by atoms with van der Waals surface area (Å²) in [7, 11) is 3.67. The van der Waals surface area contributed by atoms with Crippen molar-refractivity contribution in [3.8, 4) is 0 Å². The second-order valence-corrected chi connectivity index (χ2v) is 5.97.